The van der Waals surface area contributed by atoms with E-state index in [4.69, 9.17) is 4.74 Å². The van der Waals surface area contributed by atoms with Gasteiger partial charge in [-0.05, 0) is 43.9 Å². The van der Waals surface area contributed by atoms with Gasteiger partial charge in [0.05, 0.1) is 6.10 Å². The maximum absolute atomic E-state index is 11.4. The van der Waals surface area contributed by atoms with Crippen LogP contribution >= 0.6 is 0 Å². The van der Waals surface area contributed by atoms with Crippen LogP contribution in [-0.4, -0.2) is 29.8 Å². The van der Waals surface area contributed by atoms with Crippen LogP contribution in [0.1, 0.15) is 33.6 Å². The Balaban J connectivity index is 2.37. The predicted molar refractivity (Wildman–Crippen MR) is 86.1 cm³/mol. The van der Waals surface area contributed by atoms with Gasteiger partial charge in [0.25, 0.3) is 6.04 Å². The minimum Gasteiger partial charge on any atom is -0.488 e. The topological polar surface area (TPSA) is 66.3 Å². The van der Waals surface area contributed by atoms with Crippen molar-refractivity contribution in [2.45, 2.75) is 45.8 Å². The summed E-state index contributed by atoms with van der Waals surface area (Å²) in [4.78, 5) is 14.3. The fourth-order valence-corrected chi connectivity index (χ4v) is 2.98. The van der Waals surface area contributed by atoms with Crippen LogP contribution in [0.15, 0.2) is 35.6 Å². The lowest BCUT2D eigenvalue weighted by atomic mass is 9.85. The molecule has 2 aliphatic rings. The largest absolute Gasteiger partial charge is 0.488 e. The van der Waals surface area contributed by atoms with Gasteiger partial charge in [-0.2, -0.15) is 0 Å². The maximum atomic E-state index is 11.4. The monoisotopic (exact) mass is 305 g/mol. The molecule has 1 aliphatic heterocycles. The summed E-state index contributed by atoms with van der Waals surface area (Å²) in [6.07, 6.45) is 11.4. The van der Waals surface area contributed by atoms with E-state index in [9.17, 15) is 10.1 Å². The second kappa shape index (κ2) is 7.38. The number of ether oxygens (including phenoxy) is 1. The van der Waals surface area contributed by atoms with E-state index in [-0.39, 0.29) is 16.9 Å². The summed E-state index contributed by atoms with van der Waals surface area (Å²) in [5, 5.41) is 11.4. The third-order valence-corrected chi connectivity index (χ3v) is 4.13. The molecule has 5 nitrogen and oxygen atoms in total. The van der Waals surface area contributed by atoms with Crippen molar-refractivity contribution < 1.29 is 14.7 Å². The molecular weight excluding hydrogens is 280 g/mol. The van der Waals surface area contributed by atoms with Gasteiger partial charge in [-0.25, -0.2) is 4.99 Å². The van der Waals surface area contributed by atoms with Crippen molar-refractivity contribution in [3.8, 4) is 0 Å². The Hall–Kier alpha value is -1.91. The quantitative estimate of drug-likeness (QED) is 0.634. The highest BCUT2D eigenvalue weighted by Gasteiger charge is 2.34. The molecule has 0 aromatic heterocycles. The van der Waals surface area contributed by atoms with Crippen LogP contribution in [0.3, 0.4) is 0 Å². The third kappa shape index (κ3) is 4.06. The van der Waals surface area contributed by atoms with Crippen molar-refractivity contribution in [3.05, 3.63) is 45.8 Å². The molecule has 0 saturated carbocycles. The van der Waals surface area contributed by atoms with E-state index in [2.05, 4.69) is 30.1 Å². The lowest BCUT2D eigenvalue weighted by Gasteiger charge is -2.20. The van der Waals surface area contributed by atoms with E-state index in [1.54, 1.807) is 0 Å². The Labute approximate surface area is 131 Å². The van der Waals surface area contributed by atoms with Crippen LogP contribution in [0, 0.1) is 22.0 Å². The summed E-state index contributed by atoms with van der Waals surface area (Å²) >= 11 is 0. The van der Waals surface area contributed by atoms with Crippen molar-refractivity contribution >= 4 is 6.21 Å². The Bertz CT molecular complexity index is 532. The number of nitrogens with zero attached hydrogens (tertiary/aromatic N) is 1. The van der Waals surface area contributed by atoms with E-state index in [0.717, 1.165) is 13.0 Å². The molecule has 120 valence electrons. The standard InChI is InChI=1S/C17H24N2O3/c1-12(2)22-17-11-15(14-5-4-9-18-10-8-14)13(3)6-7-16(17)19(20)21/h4-5,8,10-13,15-16H,6-7,9H2,1-3H3/p+1. The summed E-state index contributed by atoms with van der Waals surface area (Å²) in [7, 11) is 0. The van der Waals surface area contributed by atoms with Crippen molar-refractivity contribution in [1.82, 2.24) is 0 Å². The molecule has 0 saturated heterocycles. The number of allylic oxidation sites excluding steroid dienone is 4. The van der Waals surface area contributed by atoms with E-state index in [0.29, 0.717) is 18.1 Å². The number of nitro groups is 1. The smallest absolute Gasteiger partial charge is 0.268 e. The van der Waals surface area contributed by atoms with Gasteiger partial charge in [-0.15, -0.1) is 0 Å². The van der Waals surface area contributed by atoms with Gasteiger partial charge >= 0.3 is 0 Å². The molecule has 0 radical (unpaired) electrons. The SMILES string of the molecule is CC(C)OC1=CC(C2=CC=[NH+]CC=C2)C(C)CCC1[N+](=O)[O-]. The second-order valence-corrected chi connectivity index (χ2v) is 6.26. The summed E-state index contributed by atoms with van der Waals surface area (Å²) < 4.78 is 5.79. The van der Waals surface area contributed by atoms with Gasteiger partial charge in [-0.3, -0.25) is 10.1 Å². The zero-order valence-corrected chi connectivity index (χ0v) is 13.5. The zero-order chi connectivity index (χ0) is 16.1. The van der Waals surface area contributed by atoms with E-state index >= 15 is 0 Å². The van der Waals surface area contributed by atoms with Gasteiger partial charge < -0.3 is 4.74 Å². The van der Waals surface area contributed by atoms with Crippen LogP contribution in [0.4, 0.5) is 0 Å². The normalized spacial score (nSPS) is 28.6. The fourth-order valence-electron chi connectivity index (χ4n) is 2.98. The van der Waals surface area contributed by atoms with Gasteiger partial charge in [0.15, 0.2) is 18.5 Å². The molecule has 1 aliphatic carbocycles. The highest BCUT2D eigenvalue weighted by Crippen LogP contribution is 2.34. The van der Waals surface area contributed by atoms with Crippen molar-refractivity contribution in [3.63, 3.8) is 0 Å². The molecule has 1 heterocycles. The summed E-state index contributed by atoms with van der Waals surface area (Å²) in [5.74, 6) is 1.00. The molecule has 22 heavy (non-hydrogen) atoms. The molecular formula is C17H25N2O3+. The first-order valence-corrected chi connectivity index (χ1v) is 7.94. The molecule has 0 fully saturated rings. The summed E-state index contributed by atoms with van der Waals surface area (Å²) in [6, 6.07) is -0.729. The van der Waals surface area contributed by atoms with E-state index in [1.165, 1.54) is 5.57 Å². The average Bonchev–Trinajstić information content (AvgIpc) is 2.78. The van der Waals surface area contributed by atoms with Crippen LogP contribution in [0.2, 0.25) is 0 Å². The lowest BCUT2D eigenvalue weighted by molar-refractivity contribution is -0.518. The minimum atomic E-state index is -0.729. The number of hydrogen-bond acceptors (Lipinski definition) is 3. The van der Waals surface area contributed by atoms with Crippen LogP contribution < -0.4 is 4.99 Å². The molecule has 2 rings (SSSR count). The molecule has 5 heteroatoms. The Morgan fingerprint density at radius 2 is 2.18 bits per heavy atom. The lowest BCUT2D eigenvalue weighted by Crippen LogP contribution is -2.67. The summed E-state index contributed by atoms with van der Waals surface area (Å²) in [5.41, 5.74) is 1.17. The van der Waals surface area contributed by atoms with Gasteiger partial charge in [0.2, 0.25) is 0 Å². The Morgan fingerprint density at radius 1 is 1.41 bits per heavy atom. The van der Waals surface area contributed by atoms with Crippen molar-refractivity contribution in [2.75, 3.05) is 6.54 Å². The fraction of sp³-hybridized carbons (Fsp3) is 0.588. The van der Waals surface area contributed by atoms with Crippen molar-refractivity contribution in [1.29, 1.82) is 0 Å². The number of nitrogens with one attached hydrogen (secondary N) is 1. The average molecular weight is 305 g/mol. The van der Waals surface area contributed by atoms with Gasteiger partial charge in [0.1, 0.15) is 0 Å². The van der Waals surface area contributed by atoms with Gasteiger partial charge in [-0.1, -0.05) is 13.0 Å². The Kier molecular flexibility index (Phi) is 5.52. The number of rotatable bonds is 4. The predicted octanol–water partition coefficient (Wildman–Crippen LogP) is 1.63. The molecule has 0 spiro atoms. The summed E-state index contributed by atoms with van der Waals surface area (Å²) in [6.45, 7) is 6.77. The maximum Gasteiger partial charge on any atom is 0.268 e. The zero-order valence-electron chi connectivity index (χ0n) is 13.5. The van der Waals surface area contributed by atoms with E-state index < -0.39 is 6.04 Å². The first kappa shape index (κ1) is 16.5. The van der Waals surface area contributed by atoms with Crippen molar-refractivity contribution in [2.24, 2.45) is 11.8 Å². The first-order valence-electron chi connectivity index (χ1n) is 7.94. The molecule has 1 N–H and O–H groups in total. The molecule has 3 atom stereocenters. The number of hydrogen-bond donors (Lipinski definition) is 1. The van der Waals surface area contributed by atoms with Crippen LogP contribution in [-0.2, 0) is 4.74 Å². The highest BCUT2D eigenvalue weighted by atomic mass is 16.6. The first-order chi connectivity index (χ1) is 10.5. The molecule has 0 aromatic carbocycles. The molecule has 0 bridgehead atoms. The molecule has 0 amide bonds. The van der Waals surface area contributed by atoms with Crippen LogP contribution in [0.25, 0.3) is 0 Å². The highest BCUT2D eigenvalue weighted by molar-refractivity contribution is 5.68. The van der Waals surface area contributed by atoms with Gasteiger partial charge in [0, 0.05) is 23.3 Å². The minimum absolute atomic E-state index is 0.0605. The van der Waals surface area contributed by atoms with E-state index in [1.807, 2.05) is 26.1 Å². The molecule has 3 unspecified atom stereocenters. The second-order valence-electron chi connectivity index (χ2n) is 6.26. The molecule has 0 aromatic rings. The third-order valence-electron chi connectivity index (χ3n) is 4.13. The Morgan fingerprint density at radius 3 is 2.86 bits per heavy atom. The van der Waals surface area contributed by atoms with Crippen LogP contribution in [0.5, 0.6) is 0 Å².